The smallest absolute Gasteiger partial charge is 0.0610 e. The van der Waals surface area contributed by atoms with Gasteiger partial charge in [0, 0.05) is 18.1 Å². The van der Waals surface area contributed by atoms with E-state index in [1.807, 2.05) is 0 Å². The number of fused-ring (bicyclic) bond motifs is 1. The molecular formula is C14H20N2O. The van der Waals surface area contributed by atoms with Gasteiger partial charge >= 0.3 is 0 Å². The van der Waals surface area contributed by atoms with E-state index < -0.39 is 0 Å². The van der Waals surface area contributed by atoms with Gasteiger partial charge in [0.15, 0.2) is 0 Å². The molecule has 0 atom stereocenters. The van der Waals surface area contributed by atoms with Crippen molar-refractivity contribution < 1.29 is 5.11 Å². The molecule has 0 aliphatic rings. The minimum absolute atomic E-state index is 0.166. The normalized spacial score (nSPS) is 11.3. The predicted octanol–water partition coefficient (Wildman–Crippen LogP) is 1.75. The summed E-state index contributed by atoms with van der Waals surface area (Å²) < 4.78 is 2.13. The van der Waals surface area contributed by atoms with Gasteiger partial charge < -0.3 is 15.4 Å². The van der Waals surface area contributed by atoms with E-state index in [1.165, 1.54) is 27.6 Å². The summed E-state index contributed by atoms with van der Waals surface area (Å²) in [5, 5.41) is 10.4. The van der Waals surface area contributed by atoms with E-state index in [0.29, 0.717) is 13.1 Å². The van der Waals surface area contributed by atoms with Gasteiger partial charge in [0.25, 0.3) is 0 Å². The summed E-state index contributed by atoms with van der Waals surface area (Å²) >= 11 is 0. The molecule has 0 aliphatic heterocycles. The Morgan fingerprint density at radius 3 is 2.71 bits per heavy atom. The molecule has 3 nitrogen and oxygen atoms in total. The molecule has 0 unspecified atom stereocenters. The monoisotopic (exact) mass is 232 g/mol. The van der Waals surface area contributed by atoms with Crippen molar-refractivity contribution in [3.8, 4) is 0 Å². The van der Waals surface area contributed by atoms with Crippen LogP contribution in [0.3, 0.4) is 0 Å². The summed E-state index contributed by atoms with van der Waals surface area (Å²) in [7, 11) is 0. The second-order valence-corrected chi connectivity index (χ2v) is 4.59. The van der Waals surface area contributed by atoms with Gasteiger partial charge in [0.05, 0.1) is 12.1 Å². The van der Waals surface area contributed by atoms with Crippen LogP contribution < -0.4 is 5.73 Å². The lowest BCUT2D eigenvalue weighted by atomic mass is 10.0. The minimum atomic E-state index is 0.166. The van der Waals surface area contributed by atoms with Crippen molar-refractivity contribution in [2.24, 2.45) is 5.73 Å². The number of nitrogens with zero attached hydrogens (tertiary/aromatic N) is 1. The molecule has 3 heteroatoms. The topological polar surface area (TPSA) is 51.2 Å². The molecule has 3 N–H and O–H groups in total. The van der Waals surface area contributed by atoms with Crippen LogP contribution in [0.1, 0.15) is 16.7 Å². The van der Waals surface area contributed by atoms with Crippen molar-refractivity contribution in [2.45, 2.75) is 26.8 Å². The Kier molecular flexibility index (Phi) is 3.50. The van der Waals surface area contributed by atoms with Crippen LogP contribution in [0.15, 0.2) is 18.3 Å². The van der Waals surface area contributed by atoms with Crippen LogP contribution in [0, 0.1) is 13.8 Å². The number of rotatable bonds is 4. The molecule has 2 rings (SSSR count). The van der Waals surface area contributed by atoms with Crippen molar-refractivity contribution in [3.05, 3.63) is 35.0 Å². The average Bonchev–Trinajstić information content (AvgIpc) is 2.58. The first kappa shape index (κ1) is 12.1. The first-order chi connectivity index (χ1) is 8.17. The lowest BCUT2D eigenvalue weighted by Gasteiger charge is -2.06. The zero-order valence-corrected chi connectivity index (χ0v) is 10.5. The summed E-state index contributed by atoms with van der Waals surface area (Å²) in [5.41, 5.74) is 10.7. The van der Waals surface area contributed by atoms with Gasteiger partial charge in [-0.2, -0.15) is 0 Å². The average molecular weight is 232 g/mol. The van der Waals surface area contributed by atoms with E-state index in [9.17, 15) is 0 Å². The van der Waals surface area contributed by atoms with E-state index in [4.69, 9.17) is 10.8 Å². The molecule has 0 radical (unpaired) electrons. The summed E-state index contributed by atoms with van der Waals surface area (Å²) in [5.74, 6) is 0. The lowest BCUT2D eigenvalue weighted by molar-refractivity contribution is 0.278. The fraction of sp³-hybridized carbons (Fsp3) is 0.429. The van der Waals surface area contributed by atoms with Gasteiger partial charge in [0.1, 0.15) is 0 Å². The Balaban J connectivity index is 2.67. The maximum atomic E-state index is 9.12. The van der Waals surface area contributed by atoms with E-state index >= 15 is 0 Å². The largest absolute Gasteiger partial charge is 0.395 e. The van der Waals surface area contributed by atoms with Gasteiger partial charge in [-0.25, -0.2) is 0 Å². The second-order valence-electron chi connectivity index (χ2n) is 4.59. The number of hydrogen-bond donors (Lipinski definition) is 2. The van der Waals surface area contributed by atoms with Crippen LogP contribution >= 0.6 is 0 Å². The highest BCUT2D eigenvalue weighted by atomic mass is 16.3. The van der Waals surface area contributed by atoms with Crippen molar-refractivity contribution in [1.82, 2.24) is 4.57 Å². The number of aryl methyl sites for hydroxylation is 2. The Labute approximate surface area is 102 Å². The predicted molar refractivity (Wildman–Crippen MR) is 71.3 cm³/mol. The molecule has 1 aromatic carbocycles. The standard InChI is InChI=1S/C14H20N2O/c1-10-7-11(2)14-13(8-10)12(3-4-15)9-16(14)5-6-17/h7-9,17H,3-6,15H2,1-2H3. The Hall–Kier alpha value is -1.32. The quantitative estimate of drug-likeness (QED) is 0.843. The number of hydrogen-bond acceptors (Lipinski definition) is 2. The molecular weight excluding hydrogens is 212 g/mol. The Bertz CT molecular complexity index is 528. The van der Waals surface area contributed by atoms with Gasteiger partial charge in [-0.1, -0.05) is 11.6 Å². The first-order valence-corrected chi connectivity index (χ1v) is 6.07. The summed E-state index contributed by atoms with van der Waals surface area (Å²) in [6.07, 6.45) is 3.01. The molecule has 0 fully saturated rings. The molecule has 0 saturated carbocycles. The van der Waals surface area contributed by atoms with Crippen molar-refractivity contribution in [1.29, 1.82) is 0 Å². The fourth-order valence-electron chi connectivity index (χ4n) is 2.55. The van der Waals surface area contributed by atoms with Crippen LogP contribution in [0.4, 0.5) is 0 Å². The van der Waals surface area contributed by atoms with Crippen LogP contribution in [-0.4, -0.2) is 22.8 Å². The summed E-state index contributed by atoms with van der Waals surface area (Å²) in [6, 6.07) is 4.39. The number of aliphatic hydroxyl groups is 1. The number of aromatic nitrogens is 1. The molecule has 92 valence electrons. The van der Waals surface area contributed by atoms with E-state index in [0.717, 1.165) is 6.42 Å². The maximum absolute atomic E-state index is 9.12. The van der Waals surface area contributed by atoms with E-state index in [1.54, 1.807) is 0 Å². The lowest BCUT2D eigenvalue weighted by Crippen LogP contribution is -2.03. The number of nitrogens with two attached hydrogens (primary N) is 1. The van der Waals surface area contributed by atoms with E-state index in [-0.39, 0.29) is 6.61 Å². The van der Waals surface area contributed by atoms with Gasteiger partial charge in [-0.3, -0.25) is 0 Å². The number of benzene rings is 1. The molecule has 1 aromatic heterocycles. The molecule has 1 heterocycles. The molecule has 17 heavy (non-hydrogen) atoms. The van der Waals surface area contributed by atoms with E-state index in [2.05, 4.69) is 36.7 Å². The fourth-order valence-corrected chi connectivity index (χ4v) is 2.55. The SMILES string of the molecule is Cc1cc(C)c2c(c1)c(CCN)cn2CCO. The number of aliphatic hydroxyl groups excluding tert-OH is 1. The maximum Gasteiger partial charge on any atom is 0.0610 e. The highest BCUT2D eigenvalue weighted by Gasteiger charge is 2.10. The third-order valence-electron chi connectivity index (χ3n) is 3.14. The highest BCUT2D eigenvalue weighted by Crippen LogP contribution is 2.26. The molecule has 0 spiro atoms. The Morgan fingerprint density at radius 1 is 1.29 bits per heavy atom. The van der Waals surface area contributed by atoms with Crippen LogP contribution in [0.2, 0.25) is 0 Å². The highest BCUT2D eigenvalue weighted by molar-refractivity contribution is 5.87. The van der Waals surface area contributed by atoms with Crippen LogP contribution in [0.5, 0.6) is 0 Å². The third kappa shape index (κ3) is 2.21. The minimum Gasteiger partial charge on any atom is -0.395 e. The zero-order chi connectivity index (χ0) is 12.4. The van der Waals surface area contributed by atoms with Gasteiger partial charge in [0.2, 0.25) is 0 Å². The van der Waals surface area contributed by atoms with Gasteiger partial charge in [-0.15, -0.1) is 0 Å². The molecule has 0 saturated heterocycles. The first-order valence-electron chi connectivity index (χ1n) is 6.07. The zero-order valence-electron chi connectivity index (χ0n) is 10.5. The molecule has 0 bridgehead atoms. The summed E-state index contributed by atoms with van der Waals surface area (Å²) in [4.78, 5) is 0. The summed E-state index contributed by atoms with van der Waals surface area (Å²) in [6.45, 7) is 5.70. The molecule has 0 aliphatic carbocycles. The van der Waals surface area contributed by atoms with Crippen LogP contribution in [0.25, 0.3) is 10.9 Å². The van der Waals surface area contributed by atoms with Crippen molar-refractivity contribution in [3.63, 3.8) is 0 Å². The molecule has 2 aromatic rings. The van der Waals surface area contributed by atoms with Crippen LogP contribution in [-0.2, 0) is 13.0 Å². The second kappa shape index (κ2) is 4.90. The van der Waals surface area contributed by atoms with Gasteiger partial charge in [-0.05, 0) is 44.0 Å². The Morgan fingerprint density at radius 2 is 2.06 bits per heavy atom. The third-order valence-corrected chi connectivity index (χ3v) is 3.14. The molecule has 0 amide bonds. The van der Waals surface area contributed by atoms with Crippen molar-refractivity contribution >= 4 is 10.9 Å². The van der Waals surface area contributed by atoms with Crippen molar-refractivity contribution in [2.75, 3.05) is 13.2 Å².